The summed E-state index contributed by atoms with van der Waals surface area (Å²) in [6, 6.07) is 0. The number of fused-ring (bicyclic) bond motifs is 1. The summed E-state index contributed by atoms with van der Waals surface area (Å²) in [6.07, 6.45) is 10.3. The van der Waals surface area contributed by atoms with Gasteiger partial charge in [-0.15, -0.1) is 0 Å². The predicted molar refractivity (Wildman–Crippen MR) is 41.3 cm³/mol. The molecule has 0 aromatic heterocycles. The summed E-state index contributed by atoms with van der Waals surface area (Å²) in [5.41, 5.74) is 1.28. The van der Waals surface area contributed by atoms with E-state index in [1.165, 1.54) is 5.70 Å². The lowest BCUT2D eigenvalue weighted by Crippen LogP contribution is -2.28. The van der Waals surface area contributed by atoms with E-state index in [-0.39, 0.29) is 9.92 Å². The number of nitrogens with zero attached hydrogens (tertiary/aromatic N) is 1. The second-order valence-electron chi connectivity index (χ2n) is 2.18. The van der Waals surface area contributed by atoms with Crippen LogP contribution in [0.2, 0.25) is 0 Å². The highest BCUT2D eigenvalue weighted by Gasteiger charge is 2.10. The number of rotatable bonds is 0. The molecule has 2 nitrogen and oxygen atoms in total. The third-order valence-electron chi connectivity index (χ3n) is 1.50. The minimum absolute atomic E-state index is 0.000231. The van der Waals surface area contributed by atoms with Gasteiger partial charge in [0, 0.05) is 5.70 Å². The lowest BCUT2D eigenvalue weighted by Gasteiger charge is -2.25. The maximum absolute atomic E-state index is 5.29. The van der Waals surface area contributed by atoms with E-state index in [4.69, 9.17) is 4.43 Å². The molecular formula is C7H8NOSi. The monoisotopic (exact) mass is 150 g/mol. The largest absolute Gasteiger partial charge is 0.396 e. The summed E-state index contributed by atoms with van der Waals surface area (Å²) < 4.78 is 7.44. The molecule has 3 heteroatoms. The van der Waals surface area contributed by atoms with Crippen LogP contribution in [0, 0.1) is 0 Å². The van der Waals surface area contributed by atoms with E-state index in [1.54, 1.807) is 0 Å². The zero-order valence-corrected chi connectivity index (χ0v) is 6.68. The molecule has 0 aromatic rings. The van der Waals surface area contributed by atoms with Crippen LogP contribution in [-0.4, -0.2) is 21.1 Å². The van der Waals surface area contributed by atoms with Crippen molar-refractivity contribution in [2.45, 2.75) is 0 Å². The van der Waals surface area contributed by atoms with Gasteiger partial charge in [-0.3, -0.25) is 0 Å². The van der Waals surface area contributed by atoms with Gasteiger partial charge in [0.05, 0.1) is 6.61 Å². The van der Waals surface area contributed by atoms with E-state index in [1.807, 2.05) is 12.2 Å². The van der Waals surface area contributed by atoms with E-state index in [2.05, 4.69) is 22.9 Å². The molecule has 0 amide bonds. The third kappa shape index (κ3) is 0.935. The first-order valence-electron chi connectivity index (χ1n) is 3.25. The van der Waals surface area contributed by atoms with Crippen molar-refractivity contribution in [2.24, 2.45) is 0 Å². The minimum atomic E-state index is 0.000231. The highest BCUT2D eigenvalue weighted by atomic mass is 28.2. The van der Waals surface area contributed by atoms with Crippen LogP contribution in [0.15, 0.2) is 36.2 Å². The molecule has 0 atom stereocenters. The number of allylic oxidation sites excluding steroid dienone is 3. The summed E-state index contributed by atoms with van der Waals surface area (Å²) in [6.45, 7) is 0.777. The summed E-state index contributed by atoms with van der Waals surface area (Å²) in [5.74, 6) is 0. The standard InChI is InChI=1S/C7H8NOSi/c1-2-5-8-7(3-1)4-6-9-10-8/h1-5,10H,6H2. The van der Waals surface area contributed by atoms with Gasteiger partial charge in [0.15, 0.2) is 0 Å². The average molecular weight is 150 g/mol. The van der Waals surface area contributed by atoms with E-state index >= 15 is 0 Å². The van der Waals surface area contributed by atoms with Crippen molar-refractivity contribution in [3.8, 4) is 0 Å². The average Bonchev–Trinajstić information content (AvgIpc) is 2.05. The molecule has 0 saturated carbocycles. The van der Waals surface area contributed by atoms with Crippen molar-refractivity contribution < 1.29 is 4.43 Å². The Hall–Kier alpha value is -0.803. The Morgan fingerprint density at radius 1 is 1.50 bits per heavy atom. The Balaban J connectivity index is 2.27. The maximum atomic E-state index is 5.29. The van der Waals surface area contributed by atoms with Crippen LogP contribution in [0.25, 0.3) is 0 Å². The van der Waals surface area contributed by atoms with Crippen LogP contribution in [-0.2, 0) is 4.43 Å². The van der Waals surface area contributed by atoms with Crippen LogP contribution in [0.1, 0.15) is 0 Å². The number of hydrogen-bond donors (Lipinski definition) is 0. The topological polar surface area (TPSA) is 12.5 Å². The van der Waals surface area contributed by atoms with Crippen LogP contribution in [0.4, 0.5) is 0 Å². The van der Waals surface area contributed by atoms with Gasteiger partial charge in [-0.1, -0.05) is 6.08 Å². The van der Waals surface area contributed by atoms with Crippen molar-refractivity contribution in [3.05, 3.63) is 36.2 Å². The normalized spacial score (nSPS) is 22.4. The van der Waals surface area contributed by atoms with Crippen LogP contribution in [0.3, 0.4) is 0 Å². The Kier molecular flexibility index (Phi) is 1.45. The third-order valence-corrected chi connectivity index (χ3v) is 2.54. The van der Waals surface area contributed by atoms with Gasteiger partial charge in [-0.2, -0.15) is 0 Å². The fourth-order valence-corrected chi connectivity index (χ4v) is 1.82. The van der Waals surface area contributed by atoms with Crippen LogP contribution >= 0.6 is 0 Å². The molecule has 2 aliphatic rings. The molecule has 10 heavy (non-hydrogen) atoms. The Labute approximate surface area is 62.5 Å². The second-order valence-corrected chi connectivity index (χ2v) is 3.28. The highest BCUT2D eigenvalue weighted by molar-refractivity contribution is 6.25. The van der Waals surface area contributed by atoms with E-state index in [0.717, 1.165) is 6.61 Å². The maximum Gasteiger partial charge on any atom is 0.325 e. The molecule has 0 fully saturated rings. The first-order chi connectivity index (χ1) is 4.97. The van der Waals surface area contributed by atoms with Gasteiger partial charge in [-0.05, 0) is 24.4 Å². The van der Waals surface area contributed by atoms with E-state index in [0.29, 0.717) is 0 Å². The van der Waals surface area contributed by atoms with E-state index in [9.17, 15) is 0 Å². The predicted octanol–water partition coefficient (Wildman–Crippen LogP) is 0.552. The lowest BCUT2D eigenvalue weighted by atomic mass is 10.3. The summed E-state index contributed by atoms with van der Waals surface area (Å²) >= 11 is 0. The highest BCUT2D eigenvalue weighted by Crippen LogP contribution is 2.13. The molecule has 0 aromatic carbocycles. The second kappa shape index (κ2) is 2.44. The smallest absolute Gasteiger partial charge is 0.325 e. The van der Waals surface area contributed by atoms with Crippen molar-refractivity contribution in [2.75, 3.05) is 6.61 Å². The molecule has 0 saturated heterocycles. The zero-order valence-electron chi connectivity index (χ0n) is 5.53. The molecule has 1 radical (unpaired) electrons. The van der Waals surface area contributed by atoms with E-state index < -0.39 is 0 Å². The van der Waals surface area contributed by atoms with Gasteiger partial charge < -0.3 is 8.99 Å². The molecule has 0 spiro atoms. The lowest BCUT2D eigenvalue weighted by molar-refractivity contribution is 0.337. The van der Waals surface area contributed by atoms with Gasteiger partial charge >= 0.3 is 9.92 Å². The molecule has 0 aliphatic carbocycles. The van der Waals surface area contributed by atoms with Crippen molar-refractivity contribution >= 4 is 9.92 Å². The zero-order chi connectivity index (χ0) is 6.81. The molecule has 0 bridgehead atoms. The van der Waals surface area contributed by atoms with Gasteiger partial charge in [0.1, 0.15) is 0 Å². The molecular weight excluding hydrogens is 142 g/mol. The number of hydrogen-bond acceptors (Lipinski definition) is 2. The molecule has 0 N–H and O–H groups in total. The Morgan fingerprint density at radius 2 is 2.50 bits per heavy atom. The van der Waals surface area contributed by atoms with Crippen molar-refractivity contribution in [1.29, 1.82) is 0 Å². The van der Waals surface area contributed by atoms with Gasteiger partial charge in [-0.25, -0.2) is 0 Å². The fourth-order valence-electron chi connectivity index (χ4n) is 0.995. The van der Waals surface area contributed by atoms with Crippen LogP contribution < -0.4 is 0 Å². The molecule has 0 unspecified atom stereocenters. The molecule has 2 rings (SSSR count). The van der Waals surface area contributed by atoms with Crippen LogP contribution in [0.5, 0.6) is 0 Å². The van der Waals surface area contributed by atoms with Gasteiger partial charge in [0.2, 0.25) is 0 Å². The molecule has 51 valence electrons. The Bertz CT molecular complexity index is 220. The summed E-state index contributed by atoms with van der Waals surface area (Å²) in [4.78, 5) is 0. The SMILES string of the molecule is C1=CC2=CCO[SiH]N2C=C1. The van der Waals surface area contributed by atoms with Crippen molar-refractivity contribution in [3.63, 3.8) is 0 Å². The van der Waals surface area contributed by atoms with Crippen molar-refractivity contribution in [1.82, 2.24) is 4.57 Å². The summed E-state index contributed by atoms with van der Waals surface area (Å²) in [5, 5.41) is 0. The summed E-state index contributed by atoms with van der Waals surface area (Å²) in [7, 11) is 0.000231. The van der Waals surface area contributed by atoms with Gasteiger partial charge in [0.25, 0.3) is 0 Å². The molecule has 2 aliphatic heterocycles. The Morgan fingerprint density at radius 3 is 3.40 bits per heavy atom. The minimum Gasteiger partial charge on any atom is -0.396 e. The fraction of sp³-hybridized carbons (Fsp3) is 0.143. The quantitative estimate of drug-likeness (QED) is 0.468. The first-order valence-corrected chi connectivity index (χ1v) is 4.24. The molecule has 2 heterocycles. The first kappa shape index (κ1) is 5.94.